The van der Waals surface area contributed by atoms with Crippen molar-refractivity contribution in [3.63, 3.8) is 0 Å². The van der Waals surface area contributed by atoms with E-state index in [9.17, 15) is 14.9 Å². The Morgan fingerprint density at radius 1 is 1.65 bits per heavy atom. The molecule has 0 saturated carbocycles. The molecular weight excluding hydrogens is 262 g/mol. The summed E-state index contributed by atoms with van der Waals surface area (Å²) in [6.07, 6.45) is 2.61. The summed E-state index contributed by atoms with van der Waals surface area (Å²) in [5.41, 5.74) is 0.914. The lowest BCUT2D eigenvalue weighted by Crippen LogP contribution is -2.20. The van der Waals surface area contributed by atoms with Crippen molar-refractivity contribution in [2.75, 3.05) is 18.4 Å². The first-order valence-corrected chi connectivity index (χ1v) is 6.11. The summed E-state index contributed by atoms with van der Waals surface area (Å²) < 4.78 is 0. The number of carbonyl (C=O) groups is 1. The molecule has 2 rings (SSSR count). The van der Waals surface area contributed by atoms with Crippen molar-refractivity contribution in [1.82, 2.24) is 15.2 Å². The Hall–Kier alpha value is -2.64. The molecule has 20 heavy (non-hydrogen) atoms. The van der Waals surface area contributed by atoms with Crippen molar-refractivity contribution < 1.29 is 9.72 Å². The minimum Gasteiger partial charge on any atom is -0.365 e. The first kappa shape index (κ1) is 13.8. The van der Waals surface area contributed by atoms with E-state index in [-0.39, 0.29) is 5.91 Å². The second-order valence-electron chi connectivity index (χ2n) is 4.38. The van der Waals surface area contributed by atoms with Gasteiger partial charge in [0.2, 0.25) is 5.91 Å². The molecule has 1 aromatic heterocycles. The van der Waals surface area contributed by atoms with E-state index < -0.39 is 4.92 Å². The highest BCUT2D eigenvalue weighted by atomic mass is 16.6. The summed E-state index contributed by atoms with van der Waals surface area (Å²) in [5.74, 6) is 0.813. The van der Waals surface area contributed by atoms with Crippen molar-refractivity contribution in [1.29, 1.82) is 0 Å². The standard InChI is InChI=1S/C12H15N5O3/c1-9(18)15-11-3-2-10(6-14-11)7-16-5-4-13-12(16)8-17(19)20/h2-3,6,8,13H,4-5,7H2,1H3,(H,14,15,18)/b12-8+. The highest BCUT2D eigenvalue weighted by molar-refractivity contribution is 5.87. The van der Waals surface area contributed by atoms with Crippen LogP contribution in [0, 0.1) is 10.1 Å². The first-order valence-electron chi connectivity index (χ1n) is 6.11. The average molecular weight is 277 g/mol. The maximum Gasteiger partial charge on any atom is 0.274 e. The van der Waals surface area contributed by atoms with Gasteiger partial charge in [-0.1, -0.05) is 6.07 Å². The number of rotatable bonds is 4. The lowest BCUT2D eigenvalue weighted by atomic mass is 10.2. The van der Waals surface area contributed by atoms with E-state index in [1.807, 2.05) is 11.0 Å². The highest BCUT2D eigenvalue weighted by Gasteiger charge is 2.19. The van der Waals surface area contributed by atoms with Crippen LogP contribution in [0.25, 0.3) is 0 Å². The van der Waals surface area contributed by atoms with Gasteiger partial charge in [-0.2, -0.15) is 0 Å². The summed E-state index contributed by atoms with van der Waals surface area (Å²) in [4.78, 5) is 26.9. The van der Waals surface area contributed by atoms with Gasteiger partial charge in [-0.3, -0.25) is 14.9 Å². The van der Waals surface area contributed by atoms with Gasteiger partial charge in [-0.25, -0.2) is 4.98 Å². The molecule has 0 aromatic carbocycles. The van der Waals surface area contributed by atoms with E-state index in [1.54, 1.807) is 12.3 Å². The fraction of sp³-hybridized carbons (Fsp3) is 0.333. The smallest absolute Gasteiger partial charge is 0.274 e. The van der Waals surface area contributed by atoms with Gasteiger partial charge >= 0.3 is 0 Å². The number of nitrogens with one attached hydrogen (secondary N) is 2. The van der Waals surface area contributed by atoms with E-state index >= 15 is 0 Å². The monoisotopic (exact) mass is 277 g/mol. The van der Waals surface area contributed by atoms with E-state index in [1.165, 1.54) is 6.92 Å². The van der Waals surface area contributed by atoms with Crippen LogP contribution in [0.5, 0.6) is 0 Å². The Kier molecular flexibility index (Phi) is 4.14. The van der Waals surface area contributed by atoms with E-state index in [0.717, 1.165) is 11.8 Å². The van der Waals surface area contributed by atoms with Crippen molar-refractivity contribution in [3.8, 4) is 0 Å². The summed E-state index contributed by atoms with van der Waals surface area (Å²) in [6, 6.07) is 3.54. The average Bonchev–Trinajstić information content (AvgIpc) is 2.78. The summed E-state index contributed by atoms with van der Waals surface area (Å²) >= 11 is 0. The first-order chi connectivity index (χ1) is 9.54. The zero-order valence-corrected chi connectivity index (χ0v) is 11.0. The van der Waals surface area contributed by atoms with Crippen LogP contribution < -0.4 is 10.6 Å². The minimum atomic E-state index is -0.473. The van der Waals surface area contributed by atoms with Crippen molar-refractivity contribution in [3.05, 3.63) is 46.0 Å². The quantitative estimate of drug-likeness (QED) is 0.614. The van der Waals surface area contributed by atoms with Crippen LogP contribution in [-0.2, 0) is 11.3 Å². The predicted molar refractivity (Wildman–Crippen MR) is 72.0 cm³/mol. The van der Waals surface area contributed by atoms with Gasteiger partial charge in [0, 0.05) is 32.8 Å². The van der Waals surface area contributed by atoms with Crippen LogP contribution in [0.1, 0.15) is 12.5 Å². The van der Waals surface area contributed by atoms with E-state index in [0.29, 0.717) is 31.3 Å². The maximum absolute atomic E-state index is 10.9. The van der Waals surface area contributed by atoms with Gasteiger partial charge in [0.1, 0.15) is 5.82 Å². The zero-order valence-electron chi connectivity index (χ0n) is 11.0. The number of amides is 1. The number of nitro groups is 1. The number of hydrogen-bond acceptors (Lipinski definition) is 6. The van der Waals surface area contributed by atoms with Crippen LogP contribution in [0.3, 0.4) is 0 Å². The molecule has 1 fully saturated rings. The molecule has 0 unspecified atom stereocenters. The van der Waals surface area contributed by atoms with Crippen molar-refractivity contribution >= 4 is 11.7 Å². The predicted octanol–water partition coefficient (Wildman–Crippen LogP) is 0.521. The molecule has 2 heterocycles. The molecule has 1 saturated heterocycles. The fourth-order valence-corrected chi connectivity index (χ4v) is 1.94. The molecule has 1 aromatic rings. The molecule has 0 radical (unpaired) electrons. The van der Waals surface area contributed by atoms with Crippen molar-refractivity contribution in [2.24, 2.45) is 0 Å². The van der Waals surface area contributed by atoms with Gasteiger partial charge in [0.25, 0.3) is 6.20 Å². The van der Waals surface area contributed by atoms with Crippen molar-refractivity contribution in [2.45, 2.75) is 13.5 Å². The van der Waals surface area contributed by atoms with Crippen LogP contribution in [0.15, 0.2) is 30.4 Å². The zero-order chi connectivity index (χ0) is 14.5. The Balaban J connectivity index is 2.02. The molecule has 1 aliphatic rings. The largest absolute Gasteiger partial charge is 0.365 e. The molecule has 1 aliphatic heterocycles. The number of anilines is 1. The molecule has 0 bridgehead atoms. The Morgan fingerprint density at radius 3 is 3.05 bits per heavy atom. The van der Waals surface area contributed by atoms with E-state index in [4.69, 9.17) is 0 Å². The minimum absolute atomic E-state index is 0.176. The second kappa shape index (κ2) is 6.00. The van der Waals surface area contributed by atoms with Crippen LogP contribution in [0.4, 0.5) is 5.82 Å². The van der Waals surface area contributed by atoms with Crippen LogP contribution in [0.2, 0.25) is 0 Å². The topological polar surface area (TPSA) is 100 Å². The normalized spacial score (nSPS) is 16.1. The molecule has 8 heteroatoms. The summed E-state index contributed by atoms with van der Waals surface area (Å²) in [7, 11) is 0. The lowest BCUT2D eigenvalue weighted by molar-refractivity contribution is -0.404. The van der Waals surface area contributed by atoms with Gasteiger partial charge in [0.15, 0.2) is 5.82 Å². The second-order valence-corrected chi connectivity index (χ2v) is 4.38. The Morgan fingerprint density at radius 2 is 2.45 bits per heavy atom. The van der Waals surface area contributed by atoms with Crippen LogP contribution >= 0.6 is 0 Å². The molecule has 2 N–H and O–H groups in total. The molecular formula is C12H15N5O3. The Bertz CT molecular complexity index is 541. The third-order valence-corrected chi connectivity index (χ3v) is 2.76. The summed E-state index contributed by atoms with van der Waals surface area (Å²) in [5, 5.41) is 16.1. The van der Waals surface area contributed by atoms with Gasteiger partial charge in [-0.15, -0.1) is 0 Å². The van der Waals surface area contributed by atoms with Crippen LogP contribution in [-0.4, -0.2) is 33.8 Å². The molecule has 106 valence electrons. The van der Waals surface area contributed by atoms with Gasteiger partial charge in [-0.05, 0) is 11.6 Å². The molecule has 8 nitrogen and oxygen atoms in total. The number of carbonyl (C=O) groups excluding carboxylic acids is 1. The van der Waals surface area contributed by atoms with Gasteiger partial charge in [0.05, 0.1) is 4.92 Å². The molecule has 0 aliphatic carbocycles. The van der Waals surface area contributed by atoms with Gasteiger partial charge < -0.3 is 15.5 Å². The maximum atomic E-state index is 10.9. The molecule has 0 spiro atoms. The molecule has 1 amide bonds. The highest BCUT2D eigenvalue weighted by Crippen LogP contribution is 2.13. The third-order valence-electron chi connectivity index (χ3n) is 2.76. The third kappa shape index (κ3) is 3.67. The SMILES string of the molecule is CC(=O)Nc1ccc(CN2CCN/C2=C\[N+](=O)[O-])cn1. The number of aromatic nitrogens is 1. The number of nitrogens with zero attached hydrogens (tertiary/aromatic N) is 3. The lowest BCUT2D eigenvalue weighted by Gasteiger charge is -2.16. The fourth-order valence-electron chi connectivity index (χ4n) is 1.94. The number of hydrogen-bond donors (Lipinski definition) is 2. The number of pyridine rings is 1. The Labute approximate surface area is 115 Å². The molecule has 0 atom stereocenters. The summed E-state index contributed by atoms with van der Waals surface area (Å²) in [6.45, 7) is 3.32. The van der Waals surface area contributed by atoms with E-state index in [2.05, 4.69) is 15.6 Å².